The number of amides is 1. The molecule has 0 fully saturated rings. The lowest BCUT2D eigenvalue weighted by Crippen LogP contribution is -2.20. The van der Waals surface area contributed by atoms with Crippen LogP contribution in [0.5, 0.6) is 11.5 Å². The number of nitrogens with one attached hydrogen (secondary N) is 1. The van der Waals surface area contributed by atoms with Crippen LogP contribution in [0.3, 0.4) is 0 Å². The molecule has 0 saturated heterocycles. The molecule has 0 aliphatic carbocycles. The van der Waals surface area contributed by atoms with Gasteiger partial charge in [0, 0.05) is 34.9 Å². The number of aryl methyl sites for hydroxylation is 3. The van der Waals surface area contributed by atoms with E-state index in [1.165, 1.54) is 16.8 Å². The molecule has 0 atom stereocenters. The molecule has 0 aliphatic rings. The zero-order valence-electron chi connectivity index (χ0n) is 15.5. The summed E-state index contributed by atoms with van der Waals surface area (Å²) in [6, 6.07) is 11.4. The number of pyridine rings is 1. The van der Waals surface area contributed by atoms with Crippen LogP contribution in [0.2, 0.25) is 10.0 Å². The summed E-state index contributed by atoms with van der Waals surface area (Å²) in [5.41, 5.74) is 2.09. The summed E-state index contributed by atoms with van der Waals surface area (Å²) >= 11 is 12.2. The fourth-order valence-electron chi connectivity index (χ4n) is 2.74. The highest BCUT2D eigenvalue weighted by molar-refractivity contribution is 6.31. The van der Waals surface area contributed by atoms with Crippen LogP contribution in [0.25, 0.3) is 0 Å². The molecule has 144 valence electrons. The number of ether oxygens (including phenoxy) is 1. The lowest BCUT2D eigenvalue weighted by molar-refractivity contribution is 0.102. The zero-order chi connectivity index (χ0) is 20.4. The number of halogens is 2. The number of benzene rings is 2. The molecule has 5 nitrogen and oxygen atoms in total. The third-order valence-corrected chi connectivity index (χ3v) is 4.65. The number of carbonyl (C=O) groups excluding carboxylic acids is 1. The van der Waals surface area contributed by atoms with Crippen LogP contribution >= 0.6 is 23.2 Å². The van der Waals surface area contributed by atoms with Gasteiger partial charge in [-0.05, 0) is 61.4 Å². The van der Waals surface area contributed by atoms with E-state index in [0.29, 0.717) is 27.2 Å². The van der Waals surface area contributed by atoms with E-state index in [2.05, 4.69) is 5.32 Å². The molecular formula is C21H18Cl2N2O3. The number of hydrogen-bond donors (Lipinski definition) is 1. The summed E-state index contributed by atoms with van der Waals surface area (Å²) in [4.78, 5) is 24.4. The van der Waals surface area contributed by atoms with Crippen molar-refractivity contribution in [1.29, 1.82) is 0 Å². The Morgan fingerprint density at radius 3 is 2.32 bits per heavy atom. The number of anilines is 1. The van der Waals surface area contributed by atoms with E-state index >= 15 is 0 Å². The largest absolute Gasteiger partial charge is 0.455 e. The lowest BCUT2D eigenvalue weighted by atomic mass is 10.1. The molecule has 0 aliphatic heterocycles. The molecule has 0 bridgehead atoms. The first kappa shape index (κ1) is 20.0. The Labute approximate surface area is 172 Å². The molecule has 3 rings (SSSR count). The first-order chi connectivity index (χ1) is 13.2. The van der Waals surface area contributed by atoms with Crippen molar-refractivity contribution < 1.29 is 9.53 Å². The smallest absolute Gasteiger partial charge is 0.256 e. The maximum atomic E-state index is 12.6. The van der Waals surface area contributed by atoms with E-state index < -0.39 is 5.91 Å². The predicted octanol–water partition coefficient (Wildman–Crippen LogP) is 5.35. The van der Waals surface area contributed by atoms with Gasteiger partial charge in [-0.15, -0.1) is 0 Å². The van der Waals surface area contributed by atoms with Crippen molar-refractivity contribution in [2.75, 3.05) is 5.32 Å². The van der Waals surface area contributed by atoms with Crippen molar-refractivity contribution in [2.45, 2.75) is 13.8 Å². The molecule has 7 heteroatoms. The second kappa shape index (κ2) is 8.09. The van der Waals surface area contributed by atoms with Crippen LogP contribution < -0.4 is 15.6 Å². The summed E-state index contributed by atoms with van der Waals surface area (Å²) in [6.07, 6.45) is 1.53. The third kappa shape index (κ3) is 4.38. The quantitative estimate of drug-likeness (QED) is 0.622. The van der Waals surface area contributed by atoms with Crippen LogP contribution in [-0.2, 0) is 7.05 Å². The Balaban J connectivity index is 1.94. The van der Waals surface area contributed by atoms with Gasteiger partial charge in [-0.2, -0.15) is 0 Å². The molecule has 0 unspecified atom stereocenters. The second-order valence-electron chi connectivity index (χ2n) is 6.43. The zero-order valence-corrected chi connectivity index (χ0v) is 17.1. The Bertz CT molecular complexity index is 1100. The minimum Gasteiger partial charge on any atom is -0.455 e. The maximum absolute atomic E-state index is 12.6. The highest BCUT2D eigenvalue weighted by Crippen LogP contribution is 2.36. The molecule has 0 radical (unpaired) electrons. The number of carbonyl (C=O) groups is 1. The first-order valence-electron chi connectivity index (χ1n) is 8.47. The molecule has 0 spiro atoms. The summed E-state index contributed by atoms with van der Waals surface area (Å²) in [5, 5.41) is 3.83. The molecule has 1 heterocycles. The predicted molar refractivity (Wildman–Crippen MR) is 112 cm³/mol. The van der Waals surface area contributed by atoms with Gasteiger partial charge in [0.2, 0.25) is 0 Å². The second-order valence-corrected chi connectivity index (χ2v) is 7.30. The van der Waals surface area contributed by atoms with Gasteiger partial charge >= 0.3 is 0 Å². The van der Waals surface area contributed by atoms with E-state index in [1.807, 2.05) is 13.8 Å². The monoisotopic (exact) mass is 416 g/mol. The van der Waals surface area contributed by atoms with E-state index in [-0.39, 0.29) is 11.1 Å². The third-order valence-electron chi connectivity index (χ3n) is 4.19. The van der Waals surface area contributed by atoms with E-state index in [4.69, 9.17) is 27.9 Å². The summed E-state index contributed by atoms with van der Waals surface area (Å²) < 4.78 is 7.45. The van der Waals surface area contributed by atoms with Crippen LogP contribution in [0, 0.1) is 13.8 Å². The molecule has 0 saturated carbocycles. The van der Waals surface area contributed by atoms with Gasteiger partial charge in [0.25, 0.3) is 11.5 Å². The van der Waals surface area contributed by atoms with Gasteiger partial charge in [-0.1, -0.05) is 23.2 Å². The summed E-state index contributed by atoms with van der Waals surface area (Å²) in [6.45, 7) is 3.78. The average Bonchev–Trinajstić information content (AvgIpc) is 2.62. The Kier molecular flexibility index (Phi) is 5.77. The Hall–Kier alpha value is -2.76. The van der Waals surface area contributed by atoms with Crippen molar-refractivity contribution in [1.82, 2.24) is 4.57 Å². The molecule has 1 amide bonds. The first-order valence-corrected chi connectivity index (χ1v) is 9.22. The van der Waals surface area contributed by atoms with Crippen LogP contribution in [-0.4, -0.2) is 10.5 Å². The maximum Gasteiger partial charge on any atom is 0.256 e. The molecule has 2 aromatic carbocycles. The van der Waals surface area contributed by atoms with Gasteiger partial charge < -0.3 is 14.6 Å². The number of aromatic nitrogens is 1. The molecule has 1 aromatic heterocycles. The fraction of sp³-hybridized carbons (Fsp3) is 0.143. The van der Waals surface area contributed by atoms with E-state index in [1.54, 1.807) is 43.4 Å². The Morgan fingerprint density at radius 1 is 1.00 bits per heavy atom. The summed E-state index contributed by atoms with van der Waals surface area (Å²) in [7, 11) is 1.61. The van der Waals surface area contributed by atoms with Gasteiger partial charge in [-0.3, -0.25) is 9.59 Å². The van der Waals surface area contributed by atoms with Crippen molar-refractivity contribution in [3.05, 3.63) is 85.8 Å². The van der Waals surface area contributed by atoms with Crippen LogP contribution in [0.1, 0.15) is 21.5 Å². The van der Waals surface area contributed by atoms with E-state index in [9.17, 15) is 9.59 Å². The van der Waals surface area contributed by atoms with Crippen molar-refractivity contribution in [3.8, 4) is 11.5 Å². The van der Waals surface area contributed by atoms with Crippen molar-refractivity contribution >= 4 is 34.8 Å². The van der Waals surface area contributed by atoms with Gasteiger partial charge in [0.1, 0.15) is 5.75 Å². The SMILES string of the molecule is Cc1cc(Cl)cc(C)c1Oc1ccc(Cl)cc1NC(=O)c1ccn(C)c(=O)c1. The molecular weight excluding hydrogens is 399 g/mol. The molecule has 1 N–H and O–H groups in total. The normalized spacial score (nSPS) is 10.6. The van der Waals surface area contributed by atoms with E-state index in [0.717, 1.165) is 11.1 Å². The minimum atomic E-state index is -0.436. The number of nitrogens with zero attached hydrogens (tertiary/aromatic N) is 1. The average molecular weight is 417 g/mol. The summed E-state index contributed by atoms with van der Waals surface area (Å²) in [5.74, 6) is 0.639. The number of rotatable bonds is 4. The molecule has 28 heavy (non-hydrogen) atoms. The van der Waals surface area contributed by atoms with Gasteiger partial charge in [0.05, 0.1) is 5.69 Å². The molecule has 3 aromatic rings. The highest BCUT2D eigenvalue weighted by atomic mass is 35.5. The van der Waals surface area contributed by atoms with Crippen LogP contribution in [0.15, 0.2) is 53.5 Å². The minimum absolute atomic E-state index is 0.243. The topological polar surface area (TPSA) is 60.3 Å². The fourth-order valence-corrected chi connectivity index (χ4v) is 3.24. The van der Waals surface area contributed by atoms with Crippen molar-refractivity contribution in [3.63, 3.8) is 0 Å². The highest BCUT2D eigenvalue weighted by Gasteiger charge is 2.14. The Morgan fingerprint density at radius 2 is 1.68 bits per heavy atom. The van der Waals surface area contributed by atoms with Gasteiger partial charge in [-0.25, -0.2) is 0 Å². The van der Waals surface area contributed by atoms with Crippen molar-refractivity contribution in [2.24, 2.45) is 7.05 Å². The number of hydrogen-bond acceptors (Lipinski definition) is 3. The van der Waals surface area contributed by atoms with Gasteiger partial charge in [0.15, 0.2) is 5.75 Å². The lowest BCUT2D eigenvalue weighted by Gasteiger charge is -2.16. The standard InChI is InChI=1S/C21H18Cl2N2O3/c1-12-8-16(23)9-13(2)20(12)28-18-5-4-15(22)11-17(18)24-21(27)14-6-7-25(3)19(26)10-14/h4-11H,1-3H3,(H,24,27). The van der Waals surface area contributed by atoms with Crippen LogP contribution in [0.4, 0.5) is 5.69 Å².